The van der Waals surface area contributed by atoms with E-state index in [4.69, 9.17) is 0 Å². The second-order valence-electron chi connectivity index (χ2n) is 8.57. The van der Waals surface area contributed by atoms with E-state index in [0.717, 1.165) is 17.9 Å². The maximum atomic E-state index is 3.85. The van der Waals surface area contributed by atoms with Crippen molar-refractivity contribution in [3.63, 3.8) is 0 Å². The first kappa shape index (κ1) is 14.4. The van der Waals surface area contributed by atoms with Gasteiger partial charge >= 0.3 is 0 Å². The lowest BCUT2D eigenvalue weighted by Crippen LogP contribution is -2.31. The second kappa shape index (κ2) is 5.15. The van der Waals surface area contributed by atoms with Crippen molar-refractivity contribution >= 4 is 0 Å². The van der Waals surface area contributed by atoms with Gasteiger partial charge in [-0.3, -0.25) is 0 Å². The molecule has 106 valence electrons. The zero-order valence-electron chi connectivity index (χ0n) is 13.2. The average Bonchev–Trinajstić information content (AvgIpc) is 2.91. The van der Waals surface area contributed by atoms with Gasteiger partial charge in [-0.1, -0.05) is 41.0 Å². The highest BCUT2D eigenvalue weighted by atomic mass is 14.9. The molecule has 18 heavy (non-hydrogen) atoms. The highest BCUT2D eigenvalue weighted by Crippen LogP contribution is 2.51. The van der Waals surface area contributed by atoms with Crippen molar-refractivity contribution in [3.8, 4) is 0 Å². The largest absolute Gasteiger partial charge is 0.314 e. The van der Waals surface area contributed by atoms with Crippen molar-refractivity contribution in [2.75, 3.05) is 6.54 Å². The van der Waals surface area contributed by atoms with E-state index in [1.807, 2.05) is 0 Å². The third-order valence-electron chi connectivity index (χ3n) is 5.56. The Morgan fingerprint density at radius 2 is 1.72 bits per heavy atom. The number of nitrogens with one attached hydrogen (secondary N) is 1. The molecule has 2 fully saturated rings. The normalized spacial score (nSPS) is 36.2. The van der Waals surface area contributed by atoms with E-state index in [2.05, 4.69) is 39.9 Å². The van der Waals surface area contributed by atoms with Gasteiger partial charge in [-0.15, -0.1) is 0 Å². The maximum absolute atomic E-state index is 3.85. The molecule has 0 bridgehead atoms. The molecule has 0 aromatic carbocycles. The van der Waals surface area contributed by atoms with Crippen molar-refractivity contribution in [1.29, 1.82) is 0 Å². The third-order valence-corrected chi connectivity index (χ3v) is 5.56. The molecule has 0 amide bonds. The van der Waals surface area contributed by atoms with Crippen LogP contribution in [0.25, 0.3) is 0 Å². The molecular weight excluding hydrogens is 218 g/mol. The van der Waals surface area contributed by atoms with E-state index in [0.29, 0.717) is 10.8 Å². The highest BCUT2D eigenvalue weighted by Gasteiger charge is 2.45. The number of hydrogen-bond donors (Lipinski definition) is 1. The van der Waals surface area contributed by atoms with Crippen LogP contribution in [0.15, 0.2) is 0 Å². The van der Waals surface area contributed by atoms with E-state index >= 15 is 0 Å². The molecule has 2 saturated carbocycles. The van der Waals surface area contributed by atoms with Crippen LogP contribution in [-0.2, 0) is 0 Å². The summed E-state index contributed by atoms with van der Waals surface area (Å²) in [6.07, 6.45) is 8.52. The Bertz CT molecular complexity index is 274. The molecule has 0 aromatic rings. The molecule has 1 nitrogen and oxygen atoms in total. The summed E-state index contributed by atoms with van der Waals surface area (Å²) in [5.41, 5.74) is 1.14. The van der Waals surface area contributed by atoms with Crippen LogP contribution in [0.3, 0.4) is 0 Å². The van der Waals surface area contributed by atoms with E-state index in [-0.39, 0.29) is 0 Å². The Hall–Kier alpha value is -0.0400. The van der Waals surface area contributed by atoms with Gasteiger partial charge in [-0.25, -0.2) is 0 Å². The van der Waals surface area contributed by atoms with Gasteiger partial charge in [0.2, 0.25) is 0 Å². The zero-order valence-corrected chi connectivity index (χ0v) is 13.2. The van der Waals surface area contributed by atoms with Gasteiger partial charge in [-0.05, 0) is 61.3 Å². The molecule has 0 radical (unpaired) electrons. The summed E-state index contributed by atoms with van der Waals surface area (Å²) < 4.78 is 0. The minimum absolute atomic E-state index is 0.507. The lowest BCUT2D eigenvalue weighted by Gasteiger charge is -2.29. The Labute approximate surface area is 114 Å². The topological polar surface area (TPSA) is 12.0 Å². The molecule has 0 saturated heterocycles. The SMILES string of the molecule is CC(C)(C)C1CCCC(NCC2CC2(C)C)CC1. The summed E-state index contributed by atoms with van der Waals surface area (Å²) in [6, 6.07) is 0.800. The second-order valence-corrected chi connectivity index (χ2v) is 8.57. The molecule has 3 unspecified atom stereocenters. The molecule has 2 aliphatic carbocycles. The Balaban J connectivity index is 1.72. The van der Waals surface area contributed by atoms with E-state index in [9.17, 15) is 0 Å². The zero-order chi connectivity index (χ0) is 13.4. The van der Waals surface area contributed by atoms with E-state index < -0.39 is 0 Å². The van der Waals surface area contributed by atoms with Crippen LogP contribution in [0.1, 0.15) is 73.1 Å². The summed E-state index contributed by atoms with van der Waals surface area (Å²) in [5, 5.41) is 3.85. The van der Waals surface area contributed by atoms with Crippen LogP contribution in [0.2, 0.25) is 0 Å². The molecule has 3 atom stereocenters. The number of rotatable bonds is 3. The fraction of sp³-hybridized carbons (Fsp3) is 1.00. The molecule has 0 aliphatic heterocycles. The van der Waals surface area contributed by atoms with Crippen LogP contribution in [0, 0.1) is 22.7 Å². The summed E-state index contributed by atoms with van der Waals surface area (Å²) in [6.45, 7) is 13.3. The molecule has 1 N–H and O–H groups in total. The van der Waals surface area contributed by atoms with E-state index in [1.54, 1.807) is 0 Å². The molecule has 0 aromatic heterocycles. The fourth-order valence-electron chi connectivity index (χ4n) is 3.61. The van der Waals surface area contributed by atoms with Gasteiger partial charge in [0.05, 0.1) is 0 Å². The Morgan fingerprint density at radius 3 is 2.28 bits per heavy atom. The summed E-state index contributed by atoms with van der Waals surface area (Å²) in [5.74, 6) is 1.88. The van der Waals surface area contributed by atoms with Crippen molar-refractivity contribution in [2.24, 2.45) is 22.7 Å². The van der Waals surface area contributed by atoms with Crippen molar-refractivity contribution in [3.05, 3.63) is 0 Å². The summed E-state index contributed by atoms with van der Waals surface area (Å²) in [7, 11) is 0. The van der Waals surface area contributed by atoms with Gasteiger partial charge in [0.25, 0.3) is 0 Å². The predicted octanol–water partition coefficient (Wildman–Crippen LogP) is 4.62. The van der Waals surface area contributed by atoms with Gasteiger partial charge in [0.1, 0.15) is 0 Å². The van der Waals surface area contributed by atoms with Crippen LogP contribution < -0.4 is 5.32 Å². The Kier molecular flexibility index (Phi) is 4.11. The third kappa shape index (κ3) is 3.73. The van der Waals surface area contributed by atoms with Crippen LogP contribution in [0.4, 0.5) is 0 Å². The van der Waals surface area contributed by atoms with Crippen molar-refractivity contribution < 1.29 is 0 Å². The van der Waals surface area contributed by atoms with Crippen LogP contribution in [0.5, 0.6) is 0 Å². The first-order valence-electron chi connectivity index (χ1n) is 8.02. The quantitative estimate of drug-likeness (QED) is 0.722. The molecular formula is C17H33N. The highest BCUT2D eigenvalue weighted by molar-refractivity contribution is 4.96. The summed E-state index contributed by atoms with van der Waals surface area (Å²) >= 11 is 0. The lowest BCUT2D eigenvalue weighted by molar-refractivity contribution is 0.213. The first-order chi connectivity index (χ1) is 8.29. The molecule has 2 rings (SSSR count). The predicted molar refractivity (Wildman–Crippen MR) is 79.7 cm³/mol. The van der Waals surface area contributed by atoms with Gasteiger partial charge in [0, 0.05) is 6.04 Å². The molecule has 1 heteroatoms. The Morgan fingerprint density at radius 1 is 1.06 bits per heavy atom. The van der Waals surface area contributed by atoms with Crippen molar-refractivity contribution in [1.82, 2.24) is 5.32 Å². The first-order valence-corrected chi connectivity index (χ1v) is 8.02. The van der Waals surface area contributed by atoms with Gasteiger partial charge in [0.15, 0.2) is 0 Å². The van der Waals surface area contributed by atoms with Crippen LogP contribution in [-0.4, -0.2) is 12.6 Å². The molecule has 0 heterocycles. The van der Waals surface area contributed by atoms with Crippen LogP contribution >= 0.6 is 0 Å². The van der Waals surface area contributed by atoms with Gasteiger partial charge in [-0.2, -0.15) is 0 Å². The minimum Gasteiger partial charge on any atom is -0.314 e. The standard InChI is InChI=1S/C17H33N/c1-16(2,3)13-7-6-8-15(10-9-13)18-12-14-11-17(14,4)5/h13-15,18H,6-12H2,1-5H3. The molecule has 2 aliphatic rings. The lowest BCUT2D eigenvalue weighted by atomic mass is 9.76. The monoisotopic (exact) mass is 251 g/mol. The van der Waals surface area contributed by atoms with Gasteiger partial charge < -0.3 is 5.32 Å². The fourth-order valence-corrected chi connectivity index (χ4v) is 3.61. The minimum atomic E-state index is 0.507. The van der Waals surface area contributed by atoms with Crippen molar-refractivity contribution in [2.45, 2.75) is 79.2 Å². The maximum Gasteiger partial charge on any atom is 0.00672 e. The smallest absolute Gasteiger partial charge is 0.00672 e. The molecule has 0 spiro atoms. The summed E-state index contributed by atoms with van der Waals surface area (Å²) in [4.78, 5) is 0. The number of hydrogen-bond acceptors (Lipinski definition) is 1. The van der Waals surface area contributed by atoms with E-state index in [1.165, 1.54) is 45.1 Å². The average molecular weight is 251 g/mol.